The van der Waals surface area contributed by atoms with Crippen LogP contribution in [-0.2, 0) is 6.54 Å². The molecule has 0 aliphatic carbocycles. The van der Waals surface area contributed by atoms with E-state index in [0.717, 1.165) is 21.7 Å². The highest BCUT2D eigenvalue weighted by molar-refractivity contribution is 7.16. The molecule has 0 saturated carbocycles. The zero-order valence-electron chi connectivity index (χ0n) is 13.8. The maximum atomic E-state index is 12.4. The summed E-state index contributed by atoms with van der Waals surface area (Å²) >= 11 is 2.38. The number of hydrogen-bond donors (Lipinski definition) is 0. The molecule has 3 rings (SSSR count). The van der Waals surface area contributed by atoms with E-state index < -0.39 is 0 Å². The van der Waals surface area contributed by atoms with Crippen molar-refractivity contribution in [3.8, 4) is 23.8 Å². The normalized spacial score (nSPS) is 11.5. The van der Waals surface area contributed by atoms with E-state index in [9.17, 15) is 4.79 Å². The molecule has 9 heteroatoms. The van der Waals surface area contributed by atoms with E-state index in [2.05, 4.69) is 20.5 Å². The fraction of sp³-hybridized carbons (Fsp3) is 0.250. The van der Waals surface area contributed by atoms with Crippen molar-refractivity contribution in [1.29, 1.82) is 0 Å². The van der Waals surface area contributed by atoms with E-state index in [1.165, 1.54) is 11.3 Å². The van der Waals surface area contributed by atoms with E-state index >= 15 is 0 Å². The number of aryl methyl sites for hydroxylation is 1. The Morgan fingerprint density at radius 2 is 2.08 bits per heavy atom. The fourth-order valence-electron chi connectivity index (χ4n) is 2.29. The van der Waals surface area contributed by atoms with E-state index in [0.29, 0.717) is 26.9 Å². The number of nitrogens with zero attached hydrogens (tertiary/aromatic N) is 4. The second-order valence-electron chi connectivity index (χ2n) is 4.95. The molecule has 128 valence electrons. The predicted molar refractivity (Wildman–Crippen MR) is 96.3 cm³/mol. The molecule has 7 nitrogen and oxygen atoms in total. The monoisotopic (exact) mass is 374 g/mol. The average Bonchev–Trinajstić information content (AvgIpc) is 3.17. The minimum Gasteiger partial charge on any atom is -0.493 e. The molecule has 1 aromatic carbocycles. The van der Waals surface area contributed by atoms with Gasteiger partial charge in [0.15, 0.2) is 16.3 Å². The van der Waals surface area contributed by atoms with Crippen LogP contribution in [0.3, 0.4) is 0 Å². The molecule has 0 aliphatic rings. The molecular weight excluding hydrogens is 360 g/mol. The molecule has 0 saturated heterocycles. The van der Waals surface area contributed by atoms with Crippen LogP contribution in [0.4, 0.5) is 0 Å². The summed E-state index contributed by atoms with van der Waals surface area (Å²) < 4.78 is 17.1. The highest BCUT2D eigenvalue weighted by Crippen LogP contribution is 2.33. The first-order valence-electron chi connectivity index (χ1n) is 7.16. The number of fused-ring (bicyclic) bond motifs is 1. The number of amides is 1. The molecule has 0 bridgehead atoms. The van der Waals surface area contributed by atoms with Crippen molar-refractivity contribution in [3.63, 3.8) is 0 Å². The van der Waals surface area contributed by atoms with Crippen molar-refractivity contribution in [2.75, 3.05) is 14.2 Å². The Morgan fingerprint density at radius 3 is 2.68 bits per heavy atom. The van der Waals surface area contributed by atoms with Crippen LogP contribution in [0, 0.1) is 19.3 Å². The van der Waals surface area contributed by atoms with Crippen LogP contribution in [0.5, 0.6) is 11.5 Å². The Labute approximate surface area is 151 Å². The molecule has 1 amide bonds. The van der Waals surface area contributed by atoms with Gasteiger partial charge in [-0.05, 0) is 18.5 Å². The molecule has 0 unspecified atom stereocenters. The number of terminal acetylenes is 1. The molecular formula is C16H14N4O3S2. The summed E-state index contributed by atoms with van der Waals surface area (Å²) in [5.41, 5.74) is 1.39. The third-order valence-corrected chi connectivity index (χ3v) is 5.34. The van der Waals surface area contributed by atoms with E-state index in [-0.39, 0.29) is 12.5 Å². The van der Waals surface area contributed by atoms with Crippen LogP contribution in [0.25, 0.3) is 10.2 Å². The van der Waals surface area contributed by atoms with Crippen LogP contribution in [0.2, 0.25) is 0 Å². The average molecular weight is 374 g/mol. The van der Waals surface area contributed by atoms with Crippen molar-refractivity contribution < 1.29 is 14.3 Å². The van der Waals surface area contributed by atoms with Gasteiger partial charge in [-0.15, -0.1) is 11.5 Å². The summed E-state index contributed by atoms with van der Waals surface area (Å²) in [5.74, 6) is 3.39. The summed E-state index contributed by atoms with van der Waals surface area (Å²) in [7, 11) is 3.14. The summed E-state index contributed by atoms with van der Waals surface area (Å²) in [6.07, 6.45) is 5.49. The van der Waals surface area contributed by atoms with Gasteiger partial charge in [-0.2, -0.15) is 4.99 Å². The van der Waals surface area contributed by atoms with Gasteiger partial charge >= 0.3 is 0 Å². The second kappa shape index (κ2) is 7.04. The molecule has 25 heavy (non-hydrogen) atoms. The van der Waals surface area contributed by atoms with Crippen LogP contribution in [-0.4, -0.2) is 34.3 Å². The second-order valence-corrected chi connectivity index (χ2v) is 6.72. The van der Waals surface area contributed by atoms with Crippen molar-refractivity contribution in [2.24, 2.45) is 4.99 Å². The van der Waals surface area contributed by atoms with Crippen molar-refractivity contribution >= 4 is 39.0 Å². The zero-order valence-corrected chi connectivity index (χ0v) is 15.4. The van der Waals surface area contributed by atoms with Crippen molar-refractivity contribution in [1.82, 2.24) is 14.2 Å². The molecule has 0 aliphatic heterocycles. The number of rotatable bonds is 4. The van der Waals surface area contributed by atoms with Crippen molar-refractivity contribution in [3.05, 3.63) is 27.5 Å². The van der Waals surface area contributed by atoms with Gasteiger partial charge in [0.1, 0.15) is 4.88 Å². The van der Waals surface area contributed by atoms with E-state index in [1.807, 2.05) is 12.1 Å². The number of carbonyl (C=O) groups is 1. The number of hydrogen-bond acceptors (Lipinski definition) is 7. The molecule has 0 fully saturated rings. The zero-order chi connectivity index (χ0) is 18.0. The number of benzene rings is 1. The Hall–Kier alpha value is -2.70. The first kappa shape index (κ1) is 17.1. The molecule has 2 aromatic heterocycles. The first-order valence-corrected chi connectivity index (χ1v) is 8.74. The van der Waals surface area contributed by atoms with Crippen LogP contribution in [0.15, 0.2) is 17.1 Å². The maximum Gasteiger partial charge on any atom is 0.293 e. The standard InChI is InChI=1S/C16H14N4O3S2/c1-5-6-20-10-7-11(22-3)12(23-4)8-13(10)24-16(20)17-15(21)14-9(2)18-19-25-14/h1,7-8H,6H2,2-4H3. The number of carbonyl (C=O) groups excluding carboxylic acids is 1. The molecule has 0 N–H and O–H groups in total. The summed E-state index contributed by atoms with van der Waals surface area (Å²) in [6, 6.07) is 3.67. The maximum absolute atomic E-state index is 12.4. The van der Waals surface area contributed by atoms with E-state index in [1.54, 1.807) is 25.7 Å². The smallest absolute Gasteiger partial charge is 0.293 e. The summed E-state index contributed by atoms with van der Waals surface area (Å²) in [4.78, 5) is 17.6. The summed E-state index contributed by atoms with van der Waals surface area (Å²) in [5, 5.41) is 3.85. The third kappa shape index (κ3) is 3.14. The number of thiazole rings is 1. The molecule has 0 spiro atoms. The van der Waals surface area contributed by atoms with Gasteiger partial charge < -0.3 is 14.0 Å². The Morgan fingerprint density at radius 1 is 1.36 bits per heavy atom. The third-order valence-electron chi connectivity index (χ3n) is 3.48. The van der Waals surface area contributed by atoms with Gasteiger partial charge in [-0.25, -0.2) is 0 Å². The van der Waals surface area contributed by atoms with E-state index in [4.69, 9.17) is 15.9 Å². The van der Waals surface area contributed by atoms with Gasteiger partial charge in [0.05, 0.1) is 36.7 Å². The Kier molecular flexibility index (Phi) is 4.83. The number of aromatic nitrogens is 3. The molecule has 3 aromatic rings. The lowest BCUT2D eigenvalue weighted by atomic mass is 10.3. The Bertz CT molecular complexity index is 1060. The van der Waals surface area contributed by atoms with Gasteiger partial charge in [0.2, 0.25) is 0 Å². The number of methoxy groups -OCH3 is 2. The minimum absolute atomic E-state index is 0.279. The van der Waals surface area contributed by atoms with Crippen LogP contribution < -0.4 is 14.3 Å². The lowest BCUT2D eigenvalue weighted by molar-refractivity contribution is 0.100. The fourth-order valence-corrected chi connectivity index (χ4v) is 3.87. The molecule has 2 heterocycles. The largest absolute Gasteiger partial charge is 0.493 e. The summed E-state index contributed by atoms with van der Waals surface area (Å²) in [6.45, 7) is 2.00. The molecule has 0 radical (unpaired) electrons. The van der Waals surface area contributed by atoms with Gasteiger partial charge in [-0.1, -0.05) is 21.7 Å². The quantitative estimate of drug-likeness (QED) is 0.655. The minimum atomic E-state index is -0.385. The van der Waals surface area contributed by atoms with Gasteiger partial charge in [0.25, 0.3) is 5.91 Å². The van der Waals surface area contributed by atoms with Crippen molar-refractivity contribution in [2.45, 2.75) is 13.5 Å². The lowest BCUT2D eigenvalue weighted by Gasteiger charge is -2.08. The van der Waals surface area contributed by atoms with Crippen LogP contribution in [0.1, 0.15) is 15.4 Å². The highest BCUT2D eigenvalue weighted by atomic mass is 32.1. The number of ether oxygens (including phenoxy) is 2. The van der Waals surface area contributed by atoms with Crippen LogP contribution >= 0.6 is 22.9 Å². The van der Waals surface area contributed by atoms with Gasteiger partial charge in [0, 0.05) is 12.1 Å². The highest BCUT2D eigenvalue weighted by Gasteiger charge is 2.15. The predicted octanol–water partition coefficient (Wildman–Crippen LogP) is 2.25. The topological polar surface area (TPSA) is 78.6 Å². The van der Waals surface area contributed by atoms with Gasteiger partial charge in [-0.3, -0.25) is 4.79 Å². The first-order chi connectivity index (χ1) is 12.1. The molecule has 0 atom stereocenters. The lowest BCUT2D eigenvalue weighted by Crippen LogP contribution is -2.16. The Balaban J connectivity index is 2.22. The SMILES string of the molecule is C#CCn1c(=NC(=O)c2snnc2C)sc2cc(OC)c(OC)cc21.